The van der Waals surface area contributed by atoms with E-state index in [9.17, 15) is 8.42 Å². The number of rotatable bonds is 8. The minimum absolute atomic E-state index is 0.125. The van der Waals surface area contributed by atoms with Crippen LogP contribution in [-0.4, -0.2) is 46.2 Å². The van der Waals surface area contributed by atoms with Gasteiger partial charge < -0.3 is 10.1 Å². The minimum atomic E-state index is -2.83. The van der Waals surface area contributed by atoms with Gasteiger partial charge in [0.15, 0.2) is 0 Å². The third-order valence-electron chi connectivity index (χ3n) is 2.40. The van der Waals surface area contributed by atoms with Crippen molar-refractivity contribution in [3.05, 3.63) is 0 Å². The van der Waals surface area contributed by atoms with Gasteiger partial charge in [0.25, 0.3) is 0 Å². The Morgan fingerprint density at radius 1 is 1.40 bits per heavy atom. The van der Waals surface area contributed by atoms with Crippen molar-refractivity contribution in [2.24, 2.45) is 0 Å². The van der Waals surface area contributed by atoms with Gasteiger partial charge in [-0.3, -0.25) is 0 Å². The van der Waals surface area contributed by atoms with E-state index in [0.29, 0.717) is 13.0 Å². The van der Waals surface area contributed by atoms with Crippen LogP contribution in [0.2, 0.25) is 0 Å². The molecule has 0 amide bonds. The monoisotopic (exact) mass is 237 g/mol. The van der Waals surface area contributed by atoms with Gasteiger partial charge in [-0.25, -0.2) is 8.42 Å². The van der Waals surface area contributed by atoms with Gasteiger partial charge in [-0.2, -0.15) is 0 Å². The maximum Gasteiger partial charge on any atom is 0.147 e. The minimum Gasteiger partial charge on any atom is -0.377 e. The summed E-state index contributed by atoms with van der Waals surface area (Å²) < 4.78 is 27.4. The van der Waals surface area contributed by atoms with Crippen LogP contribution in [0.1, 0.15) is 26.7 Å². The van der Waals surface area contributed by atoms with Gasteiger partial charge in [0, 0.05) is 24.7 Å². The molecule has 0 fully saturated rings. The topological polar surface area (TPSA) is 55.4 Å². The number of ether oxygens (including phenoxy) is 1. The van der Waals surface area contributed by atoms with Crippen LogP contribution in [0.4, 0.5) is 0 Å². The molecule has 92 valence electrons. The van der Waals surface area contributed by atoms with Crippen LogP contribution in [0, 0.1) is 0 Å². The van der Waals surface area contributed by atoms with Gasteiger partial charge in [0.2, 0.25) is 0 Å². The number of likely N-dealkylation sites (N-methyl/N-ethyl adjacent to an activating group) is 1. The summed E-state index contributed by atoms with van der Waals surface area (Å²) in [7, 11) is -0.959. The molecule has 0 radical (unpaired) electrons. The quantitative estimate of drug-likeness (QED) is 0.679. The highest BCUT2D eigenvalue weighted by molar-refractivity contribution is 7.90. The third kappa shape index (κ3) is 7.76. The summed E-state index contributed by atoms with van der Waals surface area (Å²) in [5, 5.41) is 3.15. The molecule has 0 saturated heterocycles. The number of hydrogen-bond acceptors (Lipinski definition) is 4. The van der Waals surface area contributed by atoms with E-state index in [2.05, 4.69) is 5.32 Å². The Morgan fingerprint density at radius 3 is 2.40 bits per heavy atom. The lowest BCUT2D eigenvalue weighted by Crippen LogP contribution is -2.37. The van der Waals surface area contributed by atoms with Crippen LogP contribution in [0.3, 0.4) is 0 Å². The Bertz CT molecular complexity index is 251. The van der Waals surface area contributed by atoms with Crippen LogP contribution >= 0.6 is 0 Å². The van der Waals surface area contributed by atoms with E-state index in [4.69, 9.17) is 4.74 Å². The molecule has 4 nitrogen and oxygen atoms in total. The Morgan fingerprint density at radius 2 is 2.00 bits per heavy atom. The average Bonchev–Trinajstić information content (AvgIpc) is 2.11. The maximum absolute atomic E-state index is 10.9. The molecule has 0 aromatic heterocycles. The largest absolute Gasteiger partial charge is 0.377 e. The molecule has 0 saturated carbocycles. The molecule has 0 heterocycles. The first-order valence-electron chi connectivity index (χ1n) is 5.37. The normalized spacial score (nSPS) is 16.3. The zero-order chi connectivity index (χ0) is 11.9. The van der Waals surface area contributed by atoms with Crippen LogP contribution in [0.25, 0.3) is 0 Å². The van der Waals surface area contributed by atoms with Crippen LogP contribution in [0.5, 0.6) is 0 Å². The van der Waals surface area contributed by atoms with Crippen LogP contribution < -0.4 is 5.32 Å². The molecule has 0 aromatic rings. The van der Waals surface area contributed by atoms with Gasteiger partial charge in [-0.05, 0) is 33.7 Å². The van der Waals surface area contributed by atoms with E-state index in [1.807, 2.05) is 20.9 Å². The molecule has 1 N–H and O–H groups in total. The van der Waals surface area contributed by atoms with E-state index < -0.39 is 9.84 Å². The van der Waals surface area contributed by atoms with Gasteiger partial charge >= 0.3 is 0 Å². The van der Waals surface area contributed by atoms with Crippen molar-refractivity contribution < 1.29 is 13.2 Å². The molecular weight excluding hydrogens is 214 g/mol. The molecule has 5 heteroatoms. The summed E-state index contributed by atoms with van der Waals surface area (Å²) in [5.41, 5.74) is 0. The van der Waals surface area contributed by atoms with Crippen LogP contribution in [0.15, 0.2) is 0 Å². The second-order valence-corrected chi connectivity index (χ2v) is 6.09. The lowest BCUT2D eigenvalue weighted by atomic mass is 10.1. The zero-order valence-electron chi connectivity index (χ0n) is 10.1. The van der Waals surface area contributed by atoms with Gasteiger partial charge in [0.05, 0.1) is 6.10 Å². The molecule has 0 aliphatic carbocycles. The second kappa shape index (κ2) is 7.19. The van der Waals surface area contributed by atoms with E-state index in [1.54, 1.807) is 0 Å². The van der Waals surface area contributed by atoms with Gasteiger partial charge in [-0.15, -0.1) is 0 Å². The molecule has 15 heavy (non-hydrogen) atoms. The number of nitrogens with one attached hydrogen (secondary N) is 1. The summed E-state index contributed by atoms with van der Waals surface area (Å²) >= 11 is 0. The Labute approximate surface area is 93.3 Å². The Balaban J connectivity index is 3.90. The fourth-order valence-corrected chi connectivity index (χ4v) is 2.25. The van der Waals surface area contributed by atoms with Gasteiger partial charge in [-0.1, -0.05) is 0 Å². The van der Waals surface area contributed by atoms with Crippen LogP contribution in [-0.2, 0) is 14.6 Å². The molecule has 0 aromatic carbocycles. The average molecular weight is 237 g/mol. The highest BCUT2D eigenvalue weighted by Gasteiger charge is 2.15. The molecule has 0 spiro atoms. The fraction of sp³-hybridized carbons (Fsp3) is 1.00. The number of sulfone groups is 1. The third-order valence-corrected chi connectivity index (χ3v) is 3.43. The van der Waals surface area contributed by atoms with Crippen molar-refractivity contribution in [3.8, 4) is 0 Å². The van der Waals surface area contributed by atoms with Gasteiger partial charge in [0.1, 0.15) is 9.84 Å². The Kier molecular flexibility index (Phi) is 7.13. The summed E-state index contributed by atoms with van der Waals surface area (Å²) in [4.78, 5) is 0. The highest BCUT2D eigenvalue weighted by atomic mass is 32.2. The summed E-state index contributed by atoms with van der Waals surface area (Å²) in [6.07, 6.45) is 2.90. The molecule has 0 aliphatic heterocycles. The fourth-order valence-electron chi connectivity index (χ4n) is 1.56. The molecule has 2 atom stereocenters. The smallest absolute Gasteiger partial charge is 0.147 e. The van der Waals surface area contributed by atoms with Crippen molar-refractivity contribution >= 4 is 9.84 Å². The number of hydrogen-bond donors (Lipinski definition) is 1. The molecule has 0 aliphatic rings. The first-order chi connectivity index (χ1) is 6.90. The van der Waals surface area contributed by atoms with Crippen molar-refractivity contribution in [1.29, 1.82) is 0 Å². The predicted molar refractivity (Wildman–Crippen MR) is 62.9 cm³/mol. The van der Waals surface area contributed by atoms with Crippen molar-refractivity contribution in [2.75, 3.05) is 25.7 Å². The predicted octanol–water partition coefficient (Wildman–Crippen LogP) is 0.824. The summed E-state index contributed by atoms with van der Waals surface area (Å²) in [6.45, 7) is 4.65. The lowest BCUT2D eigenvalue weighted by Gasteiger charge is -2.23. The standard InChI is InChI=1S/C10H23NO3S/c1-5-14-9(2)10(11-3)7-6-8-15(4,12)13/h9-11H,5-8H2,1-4H3. The summed E-state index contributed by atoms with van der Waals surface area (Å²) in [5.74, 6) is 0.254. The zero-order valence-corrected chi connectivity index (χ0v) is 10.9. The highest BCUT2D eigenvalue weighted by Crippen LogP contribution is 2.07. The molecule has 0 bridgehead atoms. The molecular formula is C10H23NO3S. The summed E-state index contributed by atoms with van der Waals surface area (Å²) in [6, 6.07) is 0.228. The van der Waals surface area contributed by atoms with Crippen molar-refractivity contribution in [3.63, 3.8) is 0 Å². The van der Waals surface area contributed by atoms with E-state index in [-0.39, 0.29) is 17.9 Å². The van der Waals surface area contributed by atoms with Crippen molar-refractivity contribution in [1.82, 2.24) is 5.32 Å². The van der Waals surface area contributed by atoms with E-state index in [0.717, 1.165) is 6.42 Å². The maximum atomic E-state index is 10.9. The lowest BCUT2D eigenvalue weighted by molar-refractivity contribution is 0.0472. The van der Waals surface area contributed by atoms with Crippen molar-refractivity contribution in [2.45, 2.75) is 38.8 Å². The van der Waals surface area contributed by atoms with E-state index >= 15 is 0 Å². The Hall–Kier alpha value is -0.130. The first-order valence-corrected chi connectivity index (χ1v) is 7.43. The SMILES string of the molecule is CCOC(C)C(CCCS(C)(=O)=O)NC. The first kappa shape index (κ1) is 14.9. The van der Waals surface area contributed by atoms with E-state index in [1.165, 1.54) is 6.26 Å². The molecule has 0 rings (SSSR count). The molecule has 2 unspecified atom stereocenters. The second-order valence-electron chi connectivity index (χ2n) is 3.83.